The van der Waals surface area contributed by atoms with E-state index in [1.165, 1.54) is 38.5 Å². The lowest BCUT2D eigenvalue weighted by Gasteiger charge is -2.31. The van der Waals surface area contributed by atoms with Gasteiger partial charge >= 0.3 is 0 Å². The molecule has 0 aromatic carbocycles. The molecule has 1 saturated carbocycles. The summed E-state index contributed by atoms with van der Waals surface area (Å²) in [7, 11) is 0. The Hall–Kier alpha value is -0.570. The molecule has 0 aliphatic heterocycles. The molecule has 0 bridgehead atoms. The zero-order valence-corrected chi connectivity index (χ0v) is 13.5. The Morgan fingerprint density at radius 3 is 2.35 bits per heavy atom. The lowest BCUT2D eigenvalue weighted by molar-refractivity contribution is -0.132. The van der Waals surface area contributed by atoms with Crippen LogP contribution < -0.4 is 11.1 Å². The molecule has 118 valence electrons. The van der Waals surface area contributed by atoms with Crippen molar-refractivity contribution < 1.29 is 4.79 Å². The van der Waals surface area contributed by atoms with E-state index in [1.54, 1.807) is 0 Å². The van der Waals surface area contributed by atoms with E-state index in [4.69, 9.17) is 5.73 Å². The summed E-state index contributed by atoms with van der Waals surface area (Å²) in [5, 5.41) is 3.23. The predicted octanol–water partition coefficient (Wildman–Crippen LogP) is 3.76. The standard InChI is InChI=1S/C17H34N2O/c1-3-4-5-8-11-15(2)19-16(20)17(14-18)12-9-6-7-10-13-17/h15H,3-14,18H2,1-2H3,(H,19,20). The van der Waals surface area contributed by atoms with Gasteiger partial charge in [0.2, 0.25) is 5.91 Å². The molecule has 0 saturated heterocycles. The molecule has 3 nitrogen and oxygen atoms in total. The van der Waals surface area contributed by atoms with Crippen molar-refractivity contribution >= 4 is 5.91 Å². The van der Waals surface area contributed by atoms with Gasteiger partial charge in [-0.25, -0.2) is 0 Å². The second kappa shape index (κ2) is 9.38. The number of rotatable bonds is 8. The van der Waals surface area contributed by atoms with Crippen LogP contribution in [0.3, 0.4) is 0 Å². The molecule has 1 fully saturated rings. The Morgan fingerprint density at radius 1 is 1.15 bits per heavy atom. The van der Waals surface area contributed by atoms with Crippen molar-refractivity contribution in [2.45, 2.75) is 90.5 Å². The maximum absolute atomic E-state index is 12.6. The number of nitrogens with two attached hydrogens (primary N) is 1. The third-order valence-corrected chi connectivity index (χ3v) is 4.80. The first-order chi connectivity index (χ1) is 9.64. The highest BCUT2D eigenvalue weighted by molar-refractivity contribution is 5.83. The van der Waals surface area contributed by atoms with E-state index < -0.39 is 0 Å². The minimum atomic E-state index is -0.284. The van der Waals surface area contributed by atoms with Gasteiger partial charge in [-0.3, -0.25) is 4.79 Å². The van der Waals surface area contributed by atoms with Crippen LogP contribution in [0.15, 0.2) is 0 Å². The number of nitrogens with one attached hydrogen (secondary N) is 1. The molecule has 0 spiro atoms. The van der Waals surface area contributed by atoms with Crippen LogP contribution in [0, 0.1) is 5.41 Å². The Bertz CT molecular complexity index is 270. The first-order valence-corrected chi connectivity index (χ1v) is 8.65. The van der Waals surface area contributed by atoms with E-state index in [2.05, 4.69) is 19.2 Å². The molecule has 3 heteroatoms. The second-order valence-corrected chi connectivity index (χ2v) is 6.62. The number of carbonyl (C=O) groups is 1. The van der Waals surface area contributed by atoms with E-state index in [0.717, 1.165) is 32.1 Å². The van der Waals surface area contributed by atoms with Gasteiger partial charge in [-0.2, -0.15) is 0 Å². The van der Waals surface area contributed by atoms with Crippen molar-refractivity contribution in [1.29, 1.82) is 0 Å². The smallest absolute Gasteiger partial charge is 0.227 e. The molecule has 1 aliphatic rings. The number of unbranched alkanes of at least 4 members (excludes halogenated alkanes) is 3. The minimum Gasteiger partial charge on any atom is -0.353 e. The van der Waals surface area contributed by atoms with Crippen LogP contribution in [0.25, 0.3) is 0 Å². The van der Waals surface area contributed by atoms with Gasteiger partial charge in [0, 0.05) is 12.6 Å². The molecular formula is C17H34N2O. The summed E-state index contributed by atoms with van der Waals surface area (Å²) >= 11 is 0. The molecule has 0 radical (unpaired) electrons. The lowest BCUT2D eigenvalue weighted by Crippen LogP contribution is -2.48. The van der Waals surface area contributed by atoms with E-state index >= 15 is 0 Å². The third kappa shape index (κ3) is 5.43. The highest BCUT2D eigenvalue weighted by Gasteiger charge is 2.37. The zero-order valence-electron chi connectivity index (χ0n) is 13.5. The van der Waals surface area contributed by atoms with Crippen LogP contribution in [0.4, 0.5) is 0 Å². The van der Waals surface area contributed by atoms with Gasteiger partial charge in [-0.1, -0.05) is 58.3 Å². The molecule has 1 rings (SSSR count). The summed E-state index contributed by atoms with van der Waals surface area (Å²) in [4.78, 5) is 12.6. The largest absolute Gasteiger partial charge is 0.353 e. The fraction of sp³-hybridized carbons (Fsp3) is 0.941. The average Bonchev–Trinajstić information content (AvgIpc) is 2.70. The summed E-state index contributed by atoms with van der Waals surface area (Å²) in [6, 6.07) is 0.283. The molecule has 1 unspecified atom stereocenters. The molecule has 0 heterocycles. The molecule has 1 aliphatic carbocycles. The van der Waals surface area contributed by atoms with Crippen molar-refractivity contribution in [2.24, 2.45) is 11.1 Å². The third-order valence-electron chi connectivity index (χ3n) is 4.80. The second-order valence-electron chi connectivity index (χ2n) is 6.62. The average molecular weight is 282 g/mol. The van der Waals surface area contributed by atoms with Crippen molar-refractivity contribution in [1.82, 2.24) is 5.32 Å². The number of hydrogen-bond donors (Lipinski definition) is 2. The SMILES string of the molecule is CCCCCCC(C)NC(=O)C1(CN)CCCCCC1. The molecule has 1 amide bonds. The van der Waals surface area contributed by atoms with Crippen molar-refractivity contribution in [3.63, 3.8) is 0 Å². The molecule has 0 aromatic heterocycles. The van der Waals surface area contributed by atoms with Gasteiger partial charge in [-0.15, -0.1) is 0 Å². The Balaban J connectivity index is 2.41. The fourth-order valence-electron chi connectivity index (χ4n) is 3.26. The van der Waals surface area contributed by atoms with Gasteiger partial charge in [-0.05, 0) is 26.2 Å². The minimum absolute atomic E-state index is 0.213. The predicted molar refractivity (Wildman–Crippen MR) is 85.6 cm³/mol. The number of hydrogen-bond acceptors (Lipinski definition) is 2. The first-order valence-electron chi connectivity index (χ1n) is 8.65. The highest BCUT2D eigenvalue weighted by atomic mass is 16.2. The van der Waals surface area contributed by atoms with Gasteiger partial charge in [0.25, 0.3) is 0 Å². The van der Waals surface area contributed by atoms with Crippen LogP contribution in [-0.4, -0.2) is 18.5 Å². The quantitative estimate of drug-likeness (QED) is 0.526. The molecule has 20 heavy (non-hydrogen) atoms. The molecular weight excluding hydrogens is 248 g/mol. The lowest BCUT2D eigenvalue weighted by atomic mass is 9.79. The van der Waals surface area contributed by atoms with Crippen LogP contribution in [0.5, 0.6) is 0 Å². The van der Waals surface area contributed by atoms with Gasteiger partial charge in [0.15, 0.2) is 0 Å². The van der Waals surface area contributed by atoms with Crippen LogP contribution in [0.1, 0.15) is 84.5 Å². The topological polar surface area (TPSA) is 55.1 Å². The zero-order chi connectivity index (χ0) is 14.8. The highest BCUT2D eigenvalue weighted by Crippen LogP contribution is 2.34. The van der Waals surface area contributed by atoms with Crippen LogP contribution >= 0.6 is 0 Å². The van der Waals surface area contributed by atoms with Gasteiger partial charge in [0.1, 0.15) is 0 Å². The van der Waals surface area contributed by atoms with Crippen LogP contribution in [-0.2, 0) is 4.79 Å². The fourth-order valence-corrected chi connectivity index (χ4v) is 3.26. The number of amides is 1. The maximum Gasteiger partial charge on any atom is 0.227 e. The normalized spacial score (nSPS) is 20.1. The van der Waals surface area contributed by atoms with E-state index in [-0.39, 0.29) is 17.4 Å². The van der Waals surface area contributed by atoms with Gasteiger partial charge in [0.05, 0.1) is 5.41 Å². The Kier molecular flexibility index (Phi) is 8.20. The van der Waals surface area contributed by atoms with Crippen LogP contribution in [0.2, 0.25) is 0 Å². The summed E-state index contributed by atoms with van der Waals surface area (Å²) < 4.78 is 0. The Labute approximate surface area is 125 Å². The Morgan fingerprint density at radius 2 is 1.80 bits per heavy atom. The summed E-state index contributed by atoms with van der Waals surface area (Å²) in [5.41, 5.74) is 5.68. The van der Waals surface area contributed by atoms with Gasteiger partial charge < -0.3 is 11.1 Å². The summed E-state index contributed by atoms with van der Waals surface area (Å²) in [6.07, 6.45) is 12.9. The van der Waals surface area contributed by atoms with E-state index in [0.29, 0.717) is 6.54 Å². The van der Waals surface area contributed by atoms with Crippen molar-refractivity contribution in [3.8, 4) is 0 Å². The summed E-state index contributed by atoms with van der Waals surface area (Å²) in [6.45, 7) is 4.86. The molecule has 3 N–H and O–H groups in total. The molecule has 0 aromatic rings. The van der Waals surface area contributed by atoms with Crippen molar-refractivity contribution in [2.75, 3.05) is 6.54 Å². The van der Waals surface area contributed by atoms with E-state index in [9.17, 15) is 4.79 Å². The first kappa shape index (κ1) is 17.5. The number of carbonyl (C=O) groups excluding carboxylic acids is 1. The monoisotopic (exact) mass is 282 g/mol. The van der Waals surface area contributed by atoms with Crippen molar-refractivity contribution in [3.05, 3.63) is 0 Å². The van der Waals surface area contributed by atoms with E-state index in [1.807, 2.05) is 0 Å². The summed E-state index contributed by atoms with van der Waals surface area (Å²) in [5.74, 6) is 0.213. The maximum atomic E-state index is 12.6. The molecule has 1 atom stereocenters.